The number of hydrogen-bond donors (Lipinski definition) is 1. The molecule has 0 saturated heterocycles. The van der Waals surface area contributed by atoms with E-state index in [1.54, 1.807) is 13.3 Å². The van der Waals surface area contributed by atoms with E-state index in [1.807, 2.05) is 13.0 Å². The molecule has 0 spiro atoms. The van der Waals surface area contributed by atoms with Crippen LogP contribution in [0, 0.1) is 12.8 Å². The Hall–Kier alpha value is -0.980. The summed E-state index contributed by atoms with van der Waals surface area (Å²) >= 11 is 3.44. The minimum absolute atomic E-state index is 0.0391. The minimum atomic E-state index is 0.0391. The summed E-state index contributed by atoms with van der Waals surface area (Å²) in [5.41, 5.74) is 1.05. The highest BCUT2D eigenvalue weighted by Gasteiger charge is 2.27. The molecule has 5 nitrogen and oxygen atoms in total. The lowest BCUT2D eigenvalue weighted by Gasteiger charge is -2.27. The summed E-state index contributed by atoms with van der Waals surface area (Å²) in [6.45, 7) is 3.21. The summed E-state index contributed by atoms with van der Waals surface area (Å²) in [4.78, 5) is 16.6. The molecule has 1 aromatic rings. The average Bonchev–Trinajstić information content (AvgIpc) is 2.51. The van der Waals surface area contributed by atoms with Crippen molar-refractivity contribution in [1.29, 1.82) is 0 Å². The van der Waals surface area contributed by atoms with E-state index in [4.69, 9.17) is 9.47 Å². The molecule has 6 heteroatoms. The van der Waals surface area contributed by atoms with Crippen molar-refractivity contribution in [2.45, 2.75) is 38.7 Å². The second-order valence-electron chi connectivity index (χ2n) is 5.67. The van der Waals surface area contributed by atoms with E-state index in [1.165, 1.54) is 0 Å². The van der Waals surface area contributed by atoms with Gasteiger partial charge in [0.15, 0.2) is 0 Å². The Labute approximate surface area is 139 Å². The second-order valence-corrected chi connectivity index (χ2v) is 6.52. The van der Waals surface area contributed by atoms with Crippen LogP contribution < -0.4 is 5.32 Å². The molecule has 1 N–H and O–H groups in total. The van der Waals surface area contributed by atoms with E-state index in [0.717, 1.165) is 35.7 Å². The maximum Gasteiger partial charge on any atom is 0.228 e. The first-order chi connectivity index (χ1) is 10.6. The van der Waals surface area contributed by atoms with Crippen molar-refractivity contribution in [3.8, 4) is 0 Å². The van der Waals surface area contributed by atoms with Gasteiger partial charge in [0, 0.05) is 19.2 Å². The smallest absolute Gasteiger partial charge is 0.228 e. The van der Waals surface area contributed by atoms with Crippen molar-refractivity contribution in [3.63, 3.8) is 0 Å². The maximum absolute atomic E-state index is 12.3. The van der Waals surface area contributed by atoms with Crippen molar-refractivity contribution in [1.82, 2.24) is 4.98 Å². The Balaban J connectivity index is 1.80. The van der Waals surface area contributed by atoms with E-state index in [2.05, 4.69) is 26.2 Å². The number of halogens is 1. The number of carbonyl (C=O) groups excluding carboxylic acids is 1. The number of hydrogen-bond acceptors (Lipinski definition) is 4. The zero-order valence-corrected chi connectivity index (χ0v) is 14.7. The molecule has 1 fully saturated rings. The van der Waals surface area contributed by atoms with Crippen molar-refractivity contribution < 1.29 is 14.3 Å². The average molecular weight is 371 g/mol. The third-order valence-corrected chi connectivity index (χ3v) is 4.51. The third-order valence-electron chi connectivity index (χ3n) is 3.91. The van der Waals surface area contributed by atoms with Gasteiger partial charge in [0.25, 0.3) is 0 Å². The molecule has 0 bridgehead atoms. The summed E-state index contributed by atoms with van der Waals surface area (Å²) in [5.74, 6) is 0.679. The largest absolute Gasteiger partial charge is 0.382 e. The quantitative estimate of drug-likeness (QED) is 0.780. The van der Waals surface area contributed by atoms with Crippen LogP contribution in [-0.2, 0) is 14.3 Å². The Bertz CT molecular complexity index is 502. The Morgan fingerprint density at radius 3 is 2.73 bits per heavy atom. The van der Waals surface area contributed by atoms with Crippen LogP contribution >= 0.6 is 15.9 Å². The van der Waals surface area contributed by atoms with Gasteiger partial charge in [-0.05, 0) is 60.2 Å². The van der Waals surface area contributed by atoms with Gasteiger partial charge in [0.05, 0.1) is 23.8 Å². The monoisotopic (exact) mass is 370 g/mol. The fraction of sp³-hybridized carbons (Fsp3) is 0.625. The van der Waals surface area contributed by atoms with Gasteiger partial charge in [-0.1, -0.05) is 0 Å². The van der Waals surface area contributed by atoms with Crippen LogP contribution in [0.1, 0.15) is 31.2 Å². The van der Waals surface area contributed by atoms with Gasteiger partial charge in [-0.3, -0.25) is 4.79 Å². The molecule has 1 aliphatic carbocycles. The molecule has 1 amide bonds. The molecule has 2 rings (SSSR count). The van der Waals surface area contributed by atoms with E-state index >= 15 is 0 Å². The topological polar surface area (TPSA) is 60.5 Å². The molecule has 0 atom stereocenters. The number of aromatic nitrogens is 1. The summed E-state index contributed by atoms with van der Waals surface area (Å²) in [5, 5.41) is 2.92. The van der Waals surface area contributed by atoms with E-state index < -0.39 is 0 Å². The van der Waals surface area contributed by atoms with Crippen molar-refractivity contribution in [2.75, 3.05) is 25.6 Å². The minimum Gasteiger partial charge on any atom is -0.382 e. The highest BCUT2D eigenvalue weighted by atomic mass is 79.9. The fourth-order valence-corrected chi connectivity index (χ4v) is 3.20. The Morgan fingerprint density at radius 2 is 2.09 bits per heavy atom. The predicted molar refractivity (Wildman–Crippen MR) is 88.9 cm³/mol. The zero-order chi connectivity index (χ0) is 15.9. The molecule has 0 aliphatic heterocycles. The number of anilines is 1. The highest BCUT2D eigenvalue weighted by molar-refractivity contribution is 9.10. The Kier molecular flexibility index (Phi) is 6.79. The summed E-state index contributed by atoms with van der Waals surface area (Å²) in [6, 6.07) is 1.95. The summed E-state index contributed by atoms with van der Waals surface area (Å²) in [7, 11) is 1.67. The SMILES string of the molecule is COCCOC1CCC(C(=O)Nc2ncc(C)cc2Br)CC1. The molecule has 0 unspecified atom stereocenters. The van der Waals surface area contributed by atoms with Crippen molar-refractivity contribution in [3.05, 3.63) is 22.3 Å². The number of ether oxygens (including phenoxy) is 2. The normalized spacial score (nSPS) is 21.6. The lowest BCUT2D eigenvalue weighted by molar-refractivity contribution is -0.121. The standard InChI is InChI=1S/C16H23BrN2O3/c1-11-9-14(17)15(18-10-11)19-16(20)12-3-5-13(6-4-12)22-8-7-21-2/h9-10,12-13H,3-8H2,1-2H3,(H,18,19,20). The number of rotatable bonds is 6. The molecule has 0 radical (unpaired) electrons. The lowest BCUT2D eigenvalue weighted by Crippen LogP contribution is -2.30. The Morgan fingerprint density at radius 1 is 1.36 bits per heavy atom. The molecule has 1 aliphatic rings. The van der Waals surface area contributed by atoms with E-state index in [0.29, 0.717) is 19.0 Å². The van der Waals surface area contributed by atoms with Crippen LogP contribution in [0.5, 0.6) is 0 Å². The molecular formula is C16H23BrN2O3. The first kappa shape index (κ1) is 17.4. The van der Waals surface area contributed by atoms with Crippen molar-refractivity contribution in [2.24, 2.45) is 5.92 Å². The molecular weight excluding hydrogens is 348 g/mol. The van der Waals surface area contributed by atoms with Gasteiger partial charge in [-0.25, -0.2) is 4.98 Å². The number of nitrogens with zero attached hydrogens (tertiary/aromatic N) is 1. The van der Waals surface area contributed by atoms with E-state index in [9.17, 15) is 4.79 Å². The van der Waals surface area contributed by atoms with Gasteiger partial charge in [-0.15, -0.1) is 0 Å². The first-order valence-corrected chi connectivity index (χ1v) is 8.43. The van der Waals surface area contributed by atoms with Gasteiger partial charge < -0.3 is 14.8 Å². The lowest BCUT2D eigenvalue weighted by atomic mass is 9.87. The van der Waals surface area contributed by atoms with E-state index in [-0.39, 0.29) is 17.9 Å². The molecule has 1 aromatic heterocycles. The first-order valence-electron chi connectivity index (χ1n) is 7.63. The van der Waals surface area contributed by atoms with Gasteiger partial charge in [0.1, 0.15) is 5.82 Å². The number of pyridine rings is 1. The third kappa shape index (κ3) is 5.04. The summed E-state index contributed by atoms with van der Waals surface area (Å²) < 4.78 is 11.5. The van der Waals surface area contributed by atoms with Crippen LogP contribution in [0.2, 0.25) is 0 Å². The van der Waals surface area contributed by atoms with Crippen LogP contribution in [0.3, 0.4) is 0 Å². The number of aryl methyl sites for hydroxylation is 1. The van der Waals surface area contributed by atoms with Crippen LogP contribution in [-0.4, -0.2) is 37.3 Å². The second kappa shape index (κ2) is 8.60. The predicted octanol–water partition coefficient (Wildman–Crippen LogP) is 3.31. The molecule has 0 aromatic carbocycles. The highest BCUT2D eigenvalue weighted by Crippen LogP contribution is 2.28. The van der Waals surface area contributed by atoms with Gasteiger partial charge in [0.2, 0.25) is 5.91 Å². The maximum atomic E-state index is 12.3. The van der Waals surface area contributed by atoms with Crippen LogP contribution in [0.25, 0.3) is 0 Å². The molecule has 1 heterocycles. The van der Waals surface area contributed by atoms with Crippen LogP contribution in [0.15, 0.2) is 16.7 Å². The number of methoxy groups -OCH3 is 1. The van der Waals surface area contributed by atoms with Gasteiger partial charge in [-0.2, -0.15) is 0 Å². The number of nitrogens with one attached hydrogen (secondary N) is 1. The molecule has 22 heavy (non-hydrogen) atoms. The van der Waals surface area contributed by atoms with Crippen LogP contribution in [0.4, 0.5) is 5.82 Å². The van der Waals surface area contributed by atoms with Crippen molar-refractivity contribution >= 4 is 27.7 Å². The fourth-order valence-electron chi connectivity index (χ4n) is 2.63. The summed E-state index contributed by atoms with van der Waals surface area (Å²) in [6.07, 6.45) is 5.55. The van der Waals surface area contributed by atoms with Gasteiger partial charge >= 0.3 is 0 Å². The zero-order valence-electron chi connectivity index (χ0n) is 13.1. The number of amides is 1. The number of carbonyl (C=O) groups is 1. The molecule has 122 valence electrons. The molecule has 1 saturated carbocycles.